The Hall–Kier alpha value is -0.490. The summed E-state index contributed by atoms with van der Waals surface area (Å²) < 4.78 is 28.1. The van der Waals surface area contributed by atoms with Gasteiger partial charge in [-0.15, -0.1) is 0 Å². The van der Waals surface area contributed by atoms with E-state index in [-0.39, 0.29) is 10.0 Å². The standard InChI is InChI=1S/C13H8Br2ClF2N/c14-9-2-1-6(16)3-7(9)13(19)8-4-12(18)10(15)5-11(8)17/h1-5,13H,19H2. The van der Waals surface area contributed by atoms with Crippen LogP contribution in [0.2, 0.25) is 5.02 Å². The quantitative estimate of drug-likeness (QED) is 0.676. The summed E-state index contributed by atoms with van der Waals surface area (Å²) in [6, 6.07) is 6.34. The molecule has 100 valence electrons. The normalized spacial score (nSPS) is 12.5. The first-order chi connectivity index (χ1) is 8.90. The van der Waals surface area contributed by atoms with E-state index in [1.54, 1.807) is 18.2 Å². The Morgan fingerprint density at radius 1 is 0.947 bits per heavy atom. The second-order valence-electron chi connectivity index (χ2n) is 3.93. The first kappa shape index (κ1) is 14.9. The minimum atomic E-state index is -0.810. The fourth-order valence-corrected chi connectivity index (χ4v) is 2.69. The highest BCUT2D eigenvalue weighted by molar-refractivity contribution is 9.10. The van der Waals surface area contributed by atoms with Crippen LogP contribution in [0.5, 0.6) is 0 Å². The van der Waals surface area contributed by atoms with E-state index < -0.39 is 17.7 Å². The van der Waals surface area contributed by atoms with Crippen LogP contribution in [0, 0.1) is 11.6 Å². The average Bonchev–Trinajstić information content (AvgIpc) is 2.36. The molecule has 0 saturated carbocycles. The Kier molecular flexibility index (Phi) is 4.61. The fourth-order valence-electron chi connectivity index (χ4n) is 1.70. The van der Waals surface area contributed by atoms with E-state index in [4.69, 9.17) is 17.3 Å². The van der Waals surface area contributed by atoms with Gasteiger partial charge in [-0.3, -0.25) is 0 Å². The largest absolute Gasteiger partial charge is 0.320 e. The molecule has 19 heavy (non-hydrogen) atoms. The van der Waals surface area contributed by atoms with Crippen molar-refractivity contribution in [2.24, 2.45) is 5.73 Å². The van der Waals surface area contributed by atoms with Gasteiger partial charge in [-0.05, 0) is 51.8 Å². The van der Waals surface area contributed by atoms with Crippen molar-refractivity contribution in [1.29, 1.82) is 0 Å². The molecule has 0 saturated heterocycles. The molecule has 2 rings (SSSR count). The van der Waals surface area contributed by atoms with Crippen LogP contribution in [-0.2, 0) is 0 Å². The maximum absolute atomic E-state index is 13.9. The van der Waals surface area contributed by atoms with Crippen molar-refractivity contribution in [3.8, 4) is 0 Å². The van der Waals surface area contributed by atoms with Crippen LogP contribution in [0.4, 0.5) is 8.78 Å². The molecule has 2 aromatic rings. The molecule has 1 unspecified atom stereocenters. The second-order valence-corrected chi connectivity index (χ2v) is 6.08. The molecule has 6 heteroatoms. The molecule has 0 amide bonds. The van der Waals surface area contributed by atoms with Gasteiger partial charge in [-0.25, -0.2) is 8.78 Å². The van der Waals surface area contributed by atoms with E-state index in [1.807, 2.05) is 0 Å². The molecule has 0 heterocycles. The zero-order chi connectivity index (χ0) is 14.2. The van der Waals surface area contributed by atoms with Crippen molar-refractivity contribution >= 4 is 43.5 Å². The summed E-state index contributed by atoms with van der Waals surface area (Å²) in [5, 5.41) is 0.478. The van der Waals surface area contributed by atoms with E-state index in [1.165, 1.54) is 0 Å². The summed E-state index contributed by atoms with van der Waals surface area (Å²) in [6.07, 6.45) is 0. The molecule has 0 radical (unpaired) electrons. The van der Waals surface area contributed by atoms with Crippen molar-refractivity contribution in [1.82, 2.24) is 0 Å². The van der Waals surface area contributed by atoms with Gasteiger partial charge in [-0.1, -0.05) is 27.5 Å². The fraction of sp³-hybridized carbons (Fsp3) is 0.0769. The maximum atomic E-state index is 13.9. The molecule has 0 spiro atoms. The Labute approximate surface area is 131 Å². The summed E-state index contributed by atoms with van der Waals surface area (Å²) in [5.74, 6) is -1.14. The minimum Gasteiger partial charge on any atom is -0.320 e. The maximum Gasteiger partial charge on any atom is 0.137 e. The van der Waals surface area contributed by atoms with Crippen molar-refractivity contribution in [2.45, 2.75) is 6.04 Å². The number of halogens is 5. The highest BCUT2D eigenvalue weighted by Gasteiger charge is 2.18. The zero-order valence-corrected chi connectivity index (χ0v) is 13.4. The zero-order valence-electron chi connectivity index (χ0n) is 9.43. The highest BCUT2D eigenvalue weighted by Crippen LogP contribution is 2.32. The van der Waals surface area contributed by atoms with Gasteiger partial charge < -0.3 is 5.73 Å². The number of benzene rings is 2. The lowest BCUT2D eigenvalue weighted by molar-refractivity contribution is 0.572. The lowest BCUT2D eigenvalue weighted by Gasteiger charge is -2.16. The first-order valence-corrected chi connectivity index (χ1v) is 7.21. The number of hydrogen-bond acceptors (Lipinski definition) is 1. The molecule has 2 aromatic carbocycles. The molecule has 1 nitrogen and oxygen atoms in total. The first-order valence-electron chi connectivity index (χ1n) is 5.25. The number of hydrogen-bond donors (Lipinski definition) is 1. The topological polar surface area (TPSA) is 26.0 Å². The molecule has 0 bridgehead atoms. The Balaban J connectivity index is 2.52. The van der Waals surface area contributed by atoms with Crippen molar-refractivity contribution in [2.75, 3.05) is 0 Å². The third kappa shape index (κ3) is 3.16. The summed E-state index contributed by atoms with van der Waals surface area (Å²) in [7, 11) is 0. The van der Waals surface area contributed by atoms with Crippen LogP contribution in [0.1, 0.15) is 17.2 Å². The van der Waals surface area contributed by atoms with E-state index in [2.05, 4.69) is 31.9 Å². The van der Waals surface area contributed by atoms with Crippen LogP contribution >= 0.6 is 43.5 Å². The Morgan fingerprint density at radius 3 is 2.32 bits per heavy atom. The molecule has 0 aromatic heterocycles. The van der Waals surface area contributed by atoms with Crippen LogP contribution in [0.3, 0.4) is 0 Å². The van der Waals surface area contributed by atoms with Crippen molar-refractivity contribution in [3.63, 3.8) is 0 Å². The second kappa shape index (κ2) is 5.87. The minimum absolute atomic E-state index is 0.0612. The van der Waals surface area contributed by atoms with Gasteiger partial charge in [0.2, 0.25) is 0 Å². The van der Waals surface area contributed by atoms with E-state index in [0.717, 1.165) is 12.1 Å². The van der Waals surface area contributed by atoms with Crippen LogP contribution < -0.4 is 5.73 Å². The molecule has 1 atom stereocenters. The monoisotopic (exact) mass is 409 g/mol. The van der Waals surface area contributed by atoms with Crippen LogP contribution in [-0.4, -0.2) is 0 Å². The summed E-state index contributed by atoms with van der Waals surface area (Å²) >= 11 is 12.1. The average molecular weight is 411 g/mol. The molecule has 0 aliphatic heterocycles. The highest BCUT2D eigenvalue weighted by atomic mass is 79.9. The molecule has 0 aliphatic rings. The van der Waals surface area contributed by atoms with Gasteiger partial charge in [-0.2, -0.15) is 0 Å². The van der Waals surface area contributed by atoms with Gasteiger partial charge in [0.15, 0.2) is 0 Å². The SMILES string of the molecule is NC(c1cc(F)c(Br)cc1F)c1cc(Cl)ccc1Br. The van der Waals surface area contributed by atoms with Crippen LogP contribution in [0.25, 0.3) is 0 Å². The predicted octanol–water partition coefficient (Wildman–Crippen LogP) is 5.19. The molecule has 2 N–H and O–H groups in total. The predicted molar refractivity (Wildman–Crippen MR) is 79.2 cm³/mol. The third-order valence-electron chi connectivity index (χ3n) is 2.67. The Bertz CT molecular complexity index is 634. The molecular formula is C13H8Br2ClF2N. The number of rotatable bonds is 2. The molecule has 0 aliphatic carbocycles. The summed E-state index contributed by atoms with van der Waals surface area (Å²) in [5.41, 5.74) is 6.66. The van der Waals surface area contributed by atoms with Crippen molar-refractivity contribution < 1.29 is 8.78 Å². The van der Waals surface area contributed by atoms with E-state index in [9.17, 15) is 8.78 Å². The summed E-state index contributed by atoms with van der Waals surface area (Å²) in [6.45, 7) is 0. The van der Waals surface area contributed by atoms with E-state index >= 15 is 0 Å². The number of nitrogens with two attached hydrogens (primary N) is 1. The Morgan fingerprint density at radius 2 is 1.63 bits per heavy atom. The summed E-state index contributed by atoms with van der Waals surface area (Å²) in [4.78, 5) is 0. The van der Waals surface area contributed by atoms with Gasteiger partial charge in [0, 0.05) is 15.1 Å². The molecular weight excluding hydrogens is 403 g/mol. The van der Waals surface area contributed by atoms with Crippen molar-refractivity contribution in [3.05, 3.63) is 67.1 Å². The smallest absolute Gasteiger partial charge is 0.137 e. The third-order valence-corrected chi connectivity index (χ3v) is 4.23. The van der Waals surface area contributed by atoms with Gasteiger partial charge in [0.05, 0.1) is 10.5 Å². The molecule has 0 fully saturated rings. The lowest BCUT2D eigenvalue weighted by atomic mass is 9.99. The van der Waals surface area contributed by atoms with E-state index in [0.29, 0.717) is 15.1 Å². The lowest BCUT2D eigenvalue weighted by Crippen LogP contribution is -2.14. The van der Waals surface area contributed by atoms with Gasteiger partial charge >= 0.3 is 0 Å². The van der Waals surface area contributed by atoms with Crippen LogP contribution in [0.15, 0.2) is 39.3 Å². The van der Waals surface area contributed by atoms with Gasteiger partial charge in [0.1, 0.15) is 11.6 Å². The van der Waals surface area contributed by atoms with Gasteiger partial charge in [0.25, 0.3) is 0 Å².